The number of allylic oxidation sites excluding steroid dienone is 12. The van der Waals surface area contributed by atoms with E-state index in [1.165, 1.54) is 64.2 Å². The first-order valence-corrected chi connectivity index (χ1v) is 23.2. The lowest BCUT2D eigenvalue weighted by Gasteiger charge is -2.24. The molecule has 0 radical (unpaired) electrons. The van der Waals surface area contributed by atoms with E-state index in [1.807, 2.05) is 21.1 Å². The highest BCUT2D eigenvalue weighted by atomic mass is 31.2. The highest BCUT2D eigenvalue weighted by Crippen LogP contribution is 2.43. The zero-order valence-electron chi connectivity index (χ0n) is 36.1. The number of quaternary nitrogens is 1. The van der Waals surface area contributed by atoms with E-state index in [9.17, 15) is 19.0 Å². The molecule has 9 nitrogen and oxygen atoms in total. The second-order valence-electron chi connectivity index (χ2n) is 15.4. The number of phosphoric acid groups is 1. The van der Waals surface area contributed by atoms with Gasteiger partial charge in [-0.1, -0.05) is 132 Å². The highest BCUT2D eigenvalue weighted by molar-refractivity contribution is 7.47. The number of likely N-dealkylation sites (N-methyl/N-ethyl adjacent to an activating group) is 1. The van der Waals surface area contributed by atoms with E-state index in [2.05, 4.69) is 86.8 Å². The van der Waals surface area contributed by atoms with Gasteiger partial charge in [-0.15, -0.1) is 0 Å². The molecule has 2 atom stereocenters. The number of hydrogen-bond acceptors (Lipinski definition) is 7. The molecule has 0 heterocycles. The molecule has 56 heavy (non-hydrogen) atoms. The standard InChI is InChI=1S/C46H80NO8P/c1-6-8-10-12-14-16-18-20-22-23-25-26-28-30-32-34-36-38-45(48)52-42-44(43-54-56(50,51)53-41-40-47(3,4)5)55-46(49)39-37-35-33-31-29-27-24-21-19-17-15-13-11-9-7-2/h14,16,20-22,24-26,29-32,44H,6-13,15,17-19,23,27-28,33-43H2,1-5H3/p+1/b16-14+,22-20+,24-21+,26-25+,31-29+,32-30+/t44-/m1/s1. The molecule has 1 N–H and O–H groups in total. The quantitative estimate of drug-likeness (QED) is 0.0216. The Balaban J connectivity index is 4.54. The smallest absolute Gasteiger partial charge is 0.462 e. The van der Waals surface area contributed by atoms with E-state index in [0.29, 0.717) is 23.9 Å². The average molecular weight is 807 g/mol. The van der Waals surface area contributed by atoms with E-state index >= 15 is 0 Å². The molecule has 0 aromatic carbocycles. The summed E-state index contributed by atoms with van der Waals surface area (Å²) >= 11 is 0. The van der Waals surface area contributed by atoms with Crippen molar-refractivity contribution in [2.24, 2.45) is 0 Å². The lowest BCUT2D eigenvalue weighted by atomic mass is 10.1. The van der Waals surface area contributed by atoms with Crippen LogP contribution in [-0.4, -0.2) is 74.9 Å². The Bertz CT molecular complexity index is 1180. The second-order valence-corrected chi connectivity index (χ2v) is 16.8. The van der Waals surface area contributed by atoms with Gasteiger partial charge in [0, 0.05) is 12.8 Å². The Morgan fingerprint density at radius 1 is 0.554 bits per heavy atom. The zero-order chi connectivity index (χ0) is 41.4. The maximum atomic E-state index is 12.7. The largest absolute Gasteiger partial charge is 0.472 e. The molecule has 0 amide bonds. The van der Waals surface area contributed by atoms with Crippen molar-refractivity contribution in [2.75, 3.05) is 47.5 Å². The van der Waals surface area contributed by atoms with E-state index < -0.39 is 32.5 Å². The molecule has 0 aliphatic carbocycles. The van der Waals surface area contributed by atoms with Crippen LogP contribution in [0.3, 0.4) is 0 Å². The third kappa shape index (κ3) is 41.1. The first kappa shape index (κ1) is 53.5. The molecule has 0 aromatic heterocycles. The van der Waals surface area contributed by atoms with Gasteiger partial charge in [0.25, 0.3) is 0 Å². The number of unbranched alkanes of at least 4 members (excludes halogenated alkanes) is 12. The van der Waals surface area contributed by atoms with Crippen LogP contribution in [0.1, 0.15) is 155 Å². The first-order chi connectivity index (χ1) is 27.0. The summed E-state index contributed by atoms with van der Waals surface area (Å²) in [7, 11) is 1.42. The van der Waals surface area contributed by atoms with Gasteiger partial charge in [0.15, 0.2) is 6.10 Å². The number of carbonyl (C=O) groups is 2. The number of ether oxygens (including phenoxy) is 2. The van der Waals surface area contributed by atoms with Crippen LogP contribution < -0.4 is 0 Å². The van der Waals surface area contributed by atoms with Crippen LogP contribution in [-0.2, 0) is 32.7 Å². The molecule has 0 saturated heterocycles. The van der Waals surface area contributed by atoms with Crippen molar-refractivity contribution >= 4 is 19.8 Å². The molecule has 0 aromatic rings. The van der Waals surface area contributed by atoms with Crippen LogP contribution >= 0.6 is 7.82 Å². The van der Waals surface area contributed by atoms with Crippen molar-refractivity contribution < 1.29 is 42.1 Å². The molecule has 0 rings (SSSR count). The van der Waals surface area contributed by atoms with Crippen LogP contribution in [0.4, 0.5) is 0 Å². The maximum Gasteiger partial charge on any atom is 0.472 e. The minimum absolute atomic E-state index is 0.0140. The van der Waals surface area contributed by atoms with Gasteiger partial charge in [0.1, 0.15) is 19.8 Å². The lowest BCUT2D eigenvalue weighted by molar-refractivity contribution is -0.870. The van der Waals surface area contributed by atoms with Crippen LogP contribution in [0.5, 0.6) is 0 Å². The van der Waals surface area contributed by atoms with E-state index in [4.69, 9.17) is 18.5 Å². The Kier molecular flexibility index (Phi) is 36.3. The fraction of sp³-hybridized carbons (Fsp3) is 0.696. The van der Waals surface area contributed by atoms with E-state index in [1.54, 1.807) is 0 Å². The molecule has 0 spiro atoms. The lowest BCUT2D eigenvalue weighted by Crippen LogP contribution is -2.37. The van der Waals surface area contributed by atoms with Crippen LogP contribution in [0, 0.1) is 0 Å². The van der Waals surface area contributed by atoms with Gasteiger partial charge in [-0.3, -0.25) is 18.6 Å². The van der Waals surface area contributed by atoms with Crippen molar-refractivity contribution in [1.29, 1.82) is 0 Å². The average Bonchev–Trinajstić information content (AvgIpc) is 3.15. The molecule has 0 aliphatic heterocycles. The Hall–Kier alpha value is -2.55. The SMILES string of the molecule is CCCCC/C=C/C/C=C/C/C=C/C/C=C/CCCC(=O)OC[C@H](COP(=O)(O)OCC[N+](C)(C)C)OC(=O)CCCC/C=C/C/C=C/CCCCCCCC. The monoisotopic (exact) mass is 807 g/mol. The normalized spacial score (nSPS) is 14.3. The topological polar surface area (TPSA) is 108 Å². The van der Waals surface area contributed by atoms with Crippen LogP contribution in [0.25, 0.3) is 0 Å². The number of esters is 2. The third-order valence-electron chi connectivity index (χ3n) is 8.71. The Labute approximate surface area is 342 Å². The van der Waals surface area contributed by atoms with Crippen LogP contribution in [0.15, 0.2) is 72.9 Å². The molecule has 0 saturated carbocycles. The minimum atomic E-state index is -4.40. The fourth-order valence-corrected chi connectivity index (χ4v) is 6.01. The summed E-state index contributed by atoms with van der Waals surface area (Å²) in [6.07, 6.45) is 46.7. The van der Waals surface area contributed by atoms with Gasteiger partial charge in [0.2, 0.25) is 0 Å². The summed E-state index contributed by atoms with van der Waals surface area (Å²) in [6, 6.07) is 0. The van der Waals surface area contributed by atoms with Gasteiger partial charge < -0.3 is 18.9 Å². The van der Waals surface area contributed by atoms with Gasteiger partial charge in [-0.2, -0.15) is 0 Å². The fourth-order valence-electron chi connectivity index (χ4n) is 5.27. The van der Waals surface area contributed by atoms with Crippen molar-refractivity contribution in [3.63, 3.8) is 0 Å². The number of phosphoric ester groups is 1. The summed E-state index contributed by atoms with van der Waals surface area (Å²) in [4.78, 5) is 35.3. The van der Waals surface area contributed by atoms with E-state index in [0.717, 1.165) is 51.4 Å². The minimum Gasteiger partial charge on any atom is -0.462 e. The summed E-state index contributed by atoms with van der Waals surface area (Å²) < 4.78 is 34.2. The maximum absolute atomic E-state index is 12.7. The summed E-state index contributed by atoms with van der Waals surface area (Å²) in [6.45, 7) is 4.26. The van der Waals surface area contributed by atoms with Crippen molar-refractivity contribution in [3.05, 3.63) is 72.9 Å². The predicted octanol–water partition coefficient (Wildman–Crippen LogP) is 12.2. The number of carbonyl (C=O) groups excluding carboxylic acids is 2. The molecule has 322 valence electrons. The van der Waals surface area contributed by atoms with Gasteiger partial charge in [-0.25, -0.2) is 4.57 Å². The van der Waals surface area contributed by atoms with Crippen LogP contribution in [0.2, 0.25) is 0 Å². The van der Waals surface area contributed by atoms with Gasteiger partial charge in [0.05, 0.1) is 27.7 Å². The number of rotatable bonds is 38. The molecule has 10 heteroatoms. The molecule has 0 aliphatic rings. The van der Waals surface area contributed by atoms with Gasteiger partial charge in [-0.05, 0) is 83.5 Å². The molecular weight excluding hydrogens is 725 g/mol. The number of hydrogen-bond donors (Lipinski definition) is 1. The molecular formula is C46H81NO8P+. The predicted molar refractivity (Wildman–Crippen MR) is 233 cm³/mol. The van der Waals surface area contributed by atoms with Crippen molar-refractivity contribution in [3.8, 4) is 0 Å². The van der Waals surface area contributed by atoms with E-state index in [-0.39, 0.29) is 26.1 Å². The third-order valence-corrected chi connectivity index (χ3v) is 9.69. The molecule has 0 fully saturated rings. The number of nitrogens with zero attached hydrogens (tertiary/aromatic N) is 1. The zero-order valence-corrected chi connectivity index (χ0v) is 37.0. The summed E-state index contributed by atoms with van der Waals surface area (Å²) in [5.74, 6) is -0.909. The first-order valence-electron chi connectivity index (χ1n) is 21.7. The summed E-state index contributed by atoms with van der Waals surface area (Å²) in [5.41, 5.74) is 0. The molecule has 0 bridgehead atoms. The van der Waals surface area contributed by atoms with Crippen molar-refractivity contribution in [2.45, 2.75) is 161 Å². The van der Waals surface area contributed by atoms with Gasteiger partial charge >= 0.3 is 19.8 Å². The summed E-state index contributed by atoms with van der Waals surface area (Å²) in [5, 5.41) is 0. The second kappa shape index (κ2) is 38.0. The highest BCUT2D eigenvalue weighted by Gasteiger charge is 2.27. The Morgan fingerprint density at radius 3 is 1.52 bits per heavy atom. The Morgan fingerprint density at radius 2 is 0.982 bits per heavy atom. The molecule has 1 unspecified atom stereocenters. The van der Waals surface area contributed by atoms with Crippen molar-refractivity contribution in [1.82, 2.24) is 0 Å².